The van der Waals surface area contributed by atoms with Gasteiger partial charge in [0.05, 0.1) is 6.54 Å². The first-order valence-corrected chi connectivity index (χ1v) is 4.75. The summed E-state index contributed by atoms with van der Waals surface area (Å²) in [5, 5.41) is 3.31. The standard InChI is InChI=1S/C9H19N3O/c1-9(11-2)3-5-12(6-4-9)7-8(10)13/h11H,3-7H2,1-2H3,(H2,10,13). The third-order valence-electron chi connectivity index (χ3n) is 2.94. The number of piperidine rings is 1. The van der Waals surface area contributed by atoms with Gasteiger partial charge in [-0.1, -0.05) is 0 Å². The van der Waals surface area contributed by atoms with Gasteiger partial charge in [-0.3, -0.25) is 9.69 Å². The SMILES string of the molecule is CNC1(C)CCN(CC(N)=O)CC1. The molecule has 1 heterocycles. The number of amides is 1. The zero-order valence-electron chi connectivity index (χ0n) is 8.47. The summed E-state index contributed by atoms with van der Waals surface area (Å²) in [4.78, 5) is 12.8. The van der Waals surface area contributed by atoms with Crippen LogP contribution in [0.15, 0.2) is 0 Å². The summed E-state index contributed by atoms with van der Waals surface area (Å²) >= 11 is 0. The van der Waals surface area contributed by atoms with Gasteiger partial charge in [-0.05, 0) is 26.8 Å². The van der Waals surface area contributed by atoms with Gasteiger partial charge >= 0.3 is 0 Å². The van der Waals surface area contributed by atoms with E-state index in [-0.39, 0.29) is 11.4 Å². The summed E-state index contributed by atoms with van der Waals surface area (Å²) in [6, 6.07) is 0. The van der Waals surface area contributed by atoms with Crippen LogP contribution in [0.25, 0.3) is 0 Å². The van der Waals surface area contributed by atoms with Crippen LogP contribution in [0.3, 0.4) is 0 Å². The van der Waals surface area contributed by atoms with Crippen LogP contribution in [-0.2, 0) is 4.79 Å². The van der Waals surface area contributed by atoms with Crippen molar-refractivity contribution >= 4 is 5.91 Å². The fraction of sp³-hybridized carbons (Fsp3) is 0.889. The van der Waals surface area contributed by atoms with Crippen LogP contribution >= 0.6 is 0 Å². The summed E-state index contributed by atoms with van der Waals surface area (Å²) < 4.78 is 0. The molecule has 76 valence electrons. The van der Waals surface area contributed by atoms with Gasteiger partial charge in [0.2, 0.25) is 5.91 Å². The van der Waals surface area contributed by atoms with Crippen LogP contribution in [-0.4, -0.2) is 43.0 Å². The zero-order chi connectivity index (χ0) is 9.90. The number of hydrogen-bond acceptors (Lipinski definition) is 3. The minimum atomic E-state index is -0.229. The van der Waals surface area contributed by atoms with E-state index < -0.39 is 0 Å². The van der Waals surface area contributed by atoms with E-state index in [0.717, 1.165) is 25.9 Å². The van der Waals surface area contributed by atoms with E-state index in [1.807, 2.05) is 7.05 Å². The number of carbonyl (C=O) groups excluding carboxylic acids is 1. The van der Waals surface area contributed by atoms with Gasteiger partial charge in [0, 0.05) is 18.6 Å². The molecular weight excluding hydrogens is 166 g/mol. The Labute approximate surface area is 79.5 Å². The largest absolute Gasteiger partial charge is 0.369 e. The second-order valence-corrected chi connectivity index (χ2v) is 4.05. The highest BCUT2D eigenvalue weighted by atomic mass is 16.1. The van der Waals surface area contributed by atoms with Gasteiger partial charge in [-0.2, -0.15) is 0 Å². The van der Waals surface area contributed by atoms with Gasteiger partial charge < -0.3 is 11.1 Å². The number of hydrogen-bond donors (Lipinski definition) is 2. The summed E-state index contributed by atoms with van der Waals surface area (Å²) in [5.74, 6) is -0.229. The van der Waals surface area contributed by atoms with Crippen molar-refractivity contribution in [1.29, 1.82) is 0 Å². The van der Waals surface area contributed by atoms with Crippen molar-refractivity contribution < 1.29 is 4.79 Å². The minimum absolute atomic E-state index is 0.229. The number of nitrogens with zero attached hydrogens (tertiary/aromatic N) is 1. The van der Waals surface area contributed by atoms with Gasteiger partial charge in [0.15, 0.2) is 0 Å². The molecule has 4 nitrogen and oxygen atoms in total. The highest BCUT2D eigenvalue weighted by Crippen LogP contribution is 2.20. The predicted octanol–water partition coefficient (Wildman–Crippen LogP) is -0.454. The number of rotatable bonds is 3. The van der Waals surface area contributed by atoms with Crippen molar-refractivity contribution in [2.24, 2.45) is 5.73 Å². The Bertz CT molecular complexity index is 185. The predicted molar refractivity (Wildman–Crippen MR) is 52.3 cm³/mol. The van der Waals surface area contributed by atoms with Crippen molar-refractivity contribution in [2.45, 2.75) is 25.3 Å². The topological polar surface area (TPSA) is 58.4 Å². The monoisotopic (exact) mass is 185 g/mol. The maximum atomic E-state index is 10.7. The smallest absolute Gasteiger partial charge is 0.231 e. The number of nitrogens with one attached hydrogen (secondary N) is 1. The molecule has 0 bridgehead atoms. The molecule has 0 aromatic heterocycles. The molecule has 0 aliphatic carbocycles. The molecule has 4 heteroatoms. The Balaban J connectivity index is 2.34. The molecular formula is C9H19N3O. The highest BCUT2D eigenvalue weighted by molar-refractivity contribution is 5.75. The Morgan fingerprint density at radius 2 is 2.08 bits per heavy atom. The minimum Gasteiger partial charge on any atom is -0.369 e. The molecule has 13 heavy (non-hydrogen) atoms. The molecule has 0 saturated carbocycles. The number of primary amides is 1. The average Bonchev–Trinajstić information content (AvgIpc) is 2.09. The second-order valence-electron chi connectivity index (χ2n) is 4.05. The lowest BCUT2D eigenvalue weighted by molar-refractivity contribution is -0.119. The van der Waals surface area contributed by atoms with Crippen LogP contribution in [0.2, 0.25) is 0 Å². The fourth-order valence-electron chi connectivity index (χ4n) is 1.68. The lowest BCUT2D eigenvalue weighted by Gasteiger charge is -2.38. The third-order valence-corrected chi connectivity index (χ3v) is 2.94. The number of carbonyl (C=O) groups is 1. The molecule has 1 saturated heterocycles. The Kier molecular flexibility index (Phi) is 3.27. The Morgan fingerprint density at radius 1 is 1.54 bits per heavy atom. The van der Waals surface area contributed by atoms with Crippen molar-refractivity contribution in [3.8, 4) is 0 Å². The van der Waals surface area contributed by atoms with E-state index in [1.54, 1.807) is 0 Å². The lowest BCUT2D eigenvalue weighted by atomic mass is 9.90. The van der Waals surface area contributed by atoms with E-state index >= 15 is 0 Å². The molecule has 0 radical (unpaired) electrons. The molecule has 1 aliphatic rings. The van der Waals surface area contributed by atoms with Crippen LogP contribution in [0.5, 0.6) is 0 Å². The van der Waals surface area contributed by atoms with E-state index in [1.165, 1.54) is 0 Å². The van der Waals surface area contributed by atoms with Crippen molar-refractivity contribution in [1.82, 2.24) is 10.2 Å². The Hall–Kier alpha value is -0.610. The van der Waals surface area contributed by atoms with Crippen molar-refractivity contribution in [3.05, 3.63) is 0 Å². The summed E-state index contributed by atoms with van der Waals surface area (Å²) in [6.45, 7) is 4.54. The van der Waals surface area contributed by atoms with Crippen LogP contribution in [0, 0.1) is 0 Å². The fourth-order valence-corrected chi connectivity index (χ4v) is 1.68. The summed E-state index contributed by atoms with van der Waals surface area (Å²) in [7, 11) is 1.99. The van der Waals surface area contributed by atoms with Gasteiger partial charge in [-0.15, -0.1) is 0 Å². The van der Waals surface area contributed by atoms with E-state index in [0.29, 0.717) is 6.54 Å². The number of nitrogens with two attached hydrogens (primary N) is 1. The van der Waals surface area contributed by atoms with Crippen LogP contribution in [0.1, 0.15) is 19.8 Å². The maximum Gasteiger partial charge on any atom is 0.231 e. The Morgan fingerprint density at radius 3 is 2.46 bits per heavy atom. The maximum absolute atomic E-state index is 10.7. The first-order chi connectivity index (χ1) is 6.06. The van der Waals surface area contributed by atoms with E-state index in [2.05, 4.69) is 17.1 Å². The molecule has 1 fully saturated rings. The molecule has 3 N–H and O–H groups in total. The lowest BCUT2D eigenvalue weighted by Crippen LogP contribution is -2.51. The van der Waals surface area contributed by atoms with Gasteiger partial charge in [0.1, 0.15) is 0 Å². The van der Waals surface area contributed by atoms with Crippen LogP contribution in [0.4, 0.5) is 0 Å². The molecule has 1 aliphatic heterocycles. The molecule has 0 spiro atoms. The number of likely N-dealkylation sites (tertiary alicyclic amines) is 1. The molecule has 1 rings (SSSR count). The van der Waals surface area contributed by atoms with Gasteiger partial charge in [0.25, 0.3) is 0 Å². The molecule has 0 atom stereocenters. The summed E-state index contributed by atoms with van der Waals surface area (Å²) in [6.07, 6.45) is 2.16. The van der Waals surface area contributed by atoms with E-state index in [4.69, 9.17) is 5.73 Å². The third kappa shape index (κ3) is 2.97. The molecule has 0 unspecified atom stereocenters. The molecule has 0 aromatic rings. The quantitative estimate of drug-likeness (QED) is 0.626. The molecule has 1 amide bonds. The first-order valence-electron chi connectivity index (χ1n) is 4.75. The second kappa shape index (κ2) is 4.07. The van der Waals surface area contributed by atoms with Crippen molar-refractivity contribution in [2.75, 3.05) is 26.7 Å². The molecule has 0 aromatic carbocycles. The van der Waals surface area contributed by atoms with E-state index in [9.17, 15) is 4.79 Å². The zero-order valence-corrected chi connectivity index (χ0v) is 8.47. The first kappa shape index (κ1) is 10.5. The summed E-state index contributed by atoms with van der Waals surface area (Å²) in [5.41, 5.74) is 5.37. The normalized spacial score (nSPS) is 22.9. The van der Waals surface area contributed by atoms with Gasteiger partial charge in [-0.25, -0.2) is 0 Å². The average molecular weight is 185 g/mol. The van der Waals surface area contributed by atoms with Crippen molar-refractivity contribution in [3.63, 3.8) is 0 Å². The highest BCUT2D eigenvalue weighted by Gasteiger charge is 2.28. The van der Waals surface area contributed by atoms with Crippen LogP contribution < -0.4 is 11.1 Å².